The molecule has 0 bridgehead atoms. The first-order valence-corrected chi connectivity index (χ1v) is 6.34. The number of nitrogens with zero attached hydrogens (tertiary/aromatic N) is 4. The summed E-state index contributed by atoms with van der Waals surface area (Å²) in [4.78, 5) is 26.2. The largest absolute Gasteiger partial charge is 0.410 e. The van der Waals surface area contributed by atoms with Crippen molar-refractivity contribution in [1.82, 2.24) is 15.2 Å². The van der Waals surface area contributed by atoms with E-state index < -0.39 is 11.9 Å². The Hall–Kier alpha value is -2.78. The number of aromatic nitrogens is 3. The summed E-state index contributed by atoms with van der Waals surface area (Å²) in [6, 6.07) is -0.839. The number of carbonyl (C=O) groups excluding carboxylic acids is 1. The molecule has 1 fully saturated rings. The van der Waals surface area contributed by atoms with Crippen molar-refractivity contribution in [3.05, 3.63) is 28.1 Å². The van der Waals surface area contributed by atoms with Crippen molar-refractivity contribution >= 4 is 17.6 Å². The van der Waals surface area contributed by atoms with E-state index in [1.165, 1.54) is 12.4 Å². The monoisotopic (exact) mass is 294 g/mol. The molecule has 10 nitrogen and oxygen atoms in total. The van der Waals surface area contributed by atoms with Crippen LogP contribution >= 0.6 is 0 Å². The Labute approximate surface area is 119 Å². The van der Waals surface area contributed by atoms with Crippen LogP contribution in [-0.4, -0.2) is 43.0 Å². The van der Waals surface area contributed by atoms with Gasteiger partial charge in [-0.25, -0.2) is 5.10 Å². The molecular weight excluding hydrogens is 280 g/mol. The van der Waals surface area contributed by atoms with Crippen LogP contribution in [0, 0.1) is 10.1 Å². The lowest BCUT2D eigenvalue weighted by molar-refractivity contribution is -0.514. The lowest BCUT2D eigenvalue weighted by Crippen LogP contribution is -2.28. The van der Waals surface area contributed by atoms with Gasteiger partial charge in [-0.1, -0.05) is 5.16 Å². The van der Waals surface area contributed by atoms with E-state index in [1.54, 1.807) is 0 Å². The van der Waals surface area contributed by atoms with Crippen molar-refractivity contribution < 1.29 is 14.9 Å². The van der Waals surface area contributed by atoms with Crippen molar-refractivity contribution in [3.63, 3.8) is 0 Å². The zero-order valence-corrected chi connectivity index (χ0v) is 11.0. The summed E-state index contributed by atoms with van der Waals surface area (Å²) in [7, 11) is 0. The van der Waals surface area contributed by atoms with Gasteiger partial charge in [-0.3, -0.25) is 20.2 Å². The van der Waals surface area contributed by atoms with Crippen LogP contribution in [-0.2, 0) is 4.79 Å². The van der Waals surface area contributed by atoms with Gasteiger partial charge in [0.05, 0.1) is 0 Å². The van der Waals surface area contributed by atoms with Crippen molar-refractivity contribution in [2.45, 2.75) is 31.7 Å². The van der Waals surface area contributed by atoms with Gasteiger partial charge in [0, 0.05) is 16.9 Å². The number of nitro groups is 1. The van der Waals surface area contributed by atoms with Crippen molar-refractivity contribution in [3.8, 4) is 0 Å². The minimum atomic E-state index is -0.839. The Morgan fingerprint density at radius 2 is 2.43 bits per heavy atom. The quantitative estimate of drug-likeness (QED) is 0.322. The molecule has 0 aliphatic heterocycles. The lowest BCUT2D eigenvalue weighted by Gasteiger charge is -2.18. The minimum absolute atomic E-state index is 0.0917. The number of aromatic amines is 1. The van der Waals surface area contributed by atoms with Crippen molar-refractivity contribution in [2.75, 3.05) is 5.32 Å². The van der Waals surface area contributed by atoms with Gasteiger partial charge in [-0.2, -0.15) is 10.1 Å². The topological polar surface area (TPSA) is 146 Å². The molecule has 0 radical (unpaired) electrons. The van der Waals surface area contributed by atoms with Gasteiger partial charge in [0.2, 0.25) is 12.0 Å². The highest BCUT2D eigenvalue weighted by Gasteiger charge is 2.29. The number of H-pyrrole nitrogens is 1. The predicted octanol–water partition coefficient (Wildman–Crippen LogP) is 0.719. The number of amides is 1. The Morgan fingerprint density at radius 3 is 3.05 bits per heavy atom. The molecule has 0 saturated heterocycles. The van der Waals surface area contributed by atoms with Crippen LogP contribution < -0.4 is 5.32 Å². The van der Waals surface area contributed by atoms with Gasteiger partial charge in [-0.05, 0) is 25.3 Å². The summed E-state index contributed by atoms with van der Waals surface area (Å²) in [6.45, 7) is 0. The zero-order valence-electron chi connectivity index (χ0n) is 11.0. The van der Waals surface area contributed by atoms with Gasteiger partial charge < -0.3 is 5.21 Å². The Bertz CT molecular complexity index is 580. The second kappa shape index (κ2) is 6.59. The average molecular weight is 294 g/mol. The minimum Gasteiger partial charge on any atom is -0.410 e. The summed E-state index contributed by atoms with van der Waals surface area (Å²) in [5, 5.41) is 31.2. The van der Waals surface area contributed by atoms with Gasteiger partial charge >= 0.3 is 0 Å². The molecule has 1 aliphatic rings. The molecule has 1 atom stereocenters. The molecule has 1 aromatic heterocycles. The van der Waals surface area contributed by atoms with E-state index in [1.807, 2.05) is 0 Å². The summed E-state index contributed by atoms with van der Waals surface area (Å²) in [5.41, 5.74) is 0.168. The van der Waals surface area contributed by atoms with E-state index in [-0.39, 0.29) is 16.6 Å². The molecule has 2 rings (SSSR count). The summed E-state index contributed by atoms with van der Waals surface area (Å²) < 4.78 is 0. The fraction of sp³-hybridized carbons (Fsp3) is 0.455. The molecule has 1 unspecified atom stereocenters. The molecule has 0 aromatic carbocycles. The SMILES string of the molecule is O=C(Nc1ncn[nH]1)C(/C=C1\CCCCC1[N+](=O)[O-])=N/O. The molecule has 3 N–H and O–H groups in total. The van der Waals surface area contributed by atoms with E-state index in [0.717, 1.165) is 12.8 Å². The number of rotatable bonds is 4. The predicted molar refractivity (Wildman–Crippen MR) is 71.6 cm³/mol. The number of oxime groups is 1. The highest BCUT2D eigenvalue weighted by Crippen LogP contribution is 2.25. The summed E-state index contributed by atoms with van der Waals surface area (Å²) >= 11 is 0. The second-order valence-corrected chi connectivity index (χ2v) is 4.54. The third-order valence-electron chi connectivity index (χ3n) is 3.18. The zero-order chi connectivity index (χ0) is 15.2. The average Bonchev–Trinajstić information content (AvgIpc) is 2.97. The van der Waals surface area contributed by atoms with Crippen LogP contribution in [0.5, 0.6) is 0 Å². The van der Waals surface area contributed by atoms with Crippen molar-refractivity contribution in [2.24, 2.45) is 5.16 Å². The van der Waals surface area contributed by atoms with Crippen LogP contribution in [0.1, 0.15) is 25.7 Å². The number of carbonyl (C=O) groups is 1. The van der Waals surface area contributed by atoms with Crippen LogP contribution in [0.2, 0.25) is 0 Å². The number of anilines is 1. The van der Waals surface area contributed by atoms with E-state index in [2.05, 4.69) is 25.7 Å². The number of nitrogens with one attached hydrogen (secondary N) is 2. The molecule has 0 spiro atoms. The molecule has 10 heteroatoms. The fourth-order valence-corrected chi connectivity index (χ4v) is 2.18. The number of hydrogen-bond acceptors (Lipinski definition) is 7. The van der Waals surface area contributed by atoms with Gasteiger partial charge in [0.1, 0.15) is 6.33 Å². The maximum atomic E-state index is 11.9. The van der Waals surface area contributed by atoms with Crippen LogP contribution in [0.15, 0.2) is 23.1 Å². The van der Waals surface area contributed by atoms with E-state index >= 15 is 0 Å². The van der Waals surface area contributed by atoms with E-state index in [4.69, 9.17) is 5.21 Å². The van der Waals surface area contributed by atoms with E-state index in [0.29, 0.717) is 18.4 Å². The molecule has 1 amide bonds. The third-order valence-corrected chi connectivity index (χ3v) is 3.18. The molecule has 112 valence electrons. The van der Waals surface area contributed by atoms with Crippen molar-refractivity contribution in [1.29, 1.82) is 0 Å². The maximum absolute atomic E-state index is 11.9. The van der Waals surface area contributed by atoms with E-state index in [9.17, 15) is 14.9 Å². The van der Waals surface area contributed by atoms with Crippen LogP contribution in [0.25, 0.3) is 0 Å². The number of hydrogen-bond donors (Lipinski definition) is 3. The lowest BCUT2D eigenvalue weighted by atomic mass is 9.89. The van der Waals surface area contributed by atoms with Crippen LogP contribution in [0.4, 0.5) is 5.95 Å². The van der Waals surface area contributed by atoms with Gasteiger partial charge in [-0.15, -0.1) is 0 Å². The Kier molecular flexibility index (Phi) is 4.59. The molecule has 1 aliphatic carbocycles. The summed E-state index contributed by atoms with van der Waals surface area (Å²) in [5.74, 6) is -0.636. The highest BCUT2D eigenvalue weighted by atomic mass is 16.6. The fourth-order valence-electron chi connectivity index (χ4n) is 2.18. The molecular formula is C11H14N6O4. The third kappa shape index (κ3) is 3.61. The molecule has 21 heavy (non-hydrogen) atoms. The van der Waals surface area contributed by atoms with Gasteiger partial charge in [0.25, 0.3) is 5.91 Å². The maximum Gasteiger partial charge on any atom is 0.280 e. The van der Waals surface area contributed by atoms with Crippen LogP contribution in [0.3, 0.4) is 0 Å². The molecule has 1 heterocycles. The normalized spacial score (nSPS) is 21.2. The van der Waals surface area contributed by atoms with Gasteiger partial charge in [0.15, 0.2) is 5.71 Å². The second-order valence-electron chi connectivity index (χ2n) is 4.54. The molecule has 1 saturated carbocycles. The first kappa shape index (κ1) is 14.6. The first-order chi connectivity index (χ1) is 10.1. The first-order valence-electron chi connectivity index (χ1n) is 6.34. The summed E-state index contributed by atoms with van der Waals surface area (Å²) in [6.07, 6.45) is 4.95. The Morgan fingerprint density at radius 1 is 1.62 bits per heavy atom. The molecule has 1 aromatic rings. The highest BCUT2D eigenvalue weighted by molar-refractivity contribution is 6.46. The smallest absolute Gasteiger partial charge is 0.280 e. The standard InChI is InChI=1S/C11H14N6O4/c18-10(14-11-12-6-13-15-11)8(16-19)5-7-3-1-2-4-9(7)17(20)21/h5-6,9,19H,1-4H2,(H2,12,13,14,15,18)/b7-5+,16-8+. The Balaban J connectivity index is 2.15.